The number of nitriles is 1. The van der Waals surface area contributed by atoms with Gasteiger partial charge in [0, 0.05) is 17.3 Å². The lowest BCUT2D eigenvalue weighted by molar-refractivity contribution is 1.35. The molecular formula is C18H15N3. The molecule has 3 aromatic rings. The Labute approximate surface area is 123 Å². The maximum absolute atomic E-state index is 9.34. The largest absolute Gasteiger partial charge is 0.354 e. The van der Waals surface area contributed by atoms with Gasteiger partial charge in [0.1, 0.15) is 6.07 Å². The molecule has 1 N–H and O–H groups in total. The summed E-state index contributed by atoms with van der Waals surface area (Å²) in [5.41, 5.74) is 5.56. The fraction of sp³-hybridized carbons (Fsp3) is 0.111. The van der Waals surface area contributed by atoms with Crippen molar-refractivity contribution in [3.8, 4) is 6.07 Å². The average Bonchev–Trinajstić information content (AvgIpc) is 2.50. The van der Waals surface area contributed by atoms with Crippen LogP contribution in [-0.4, -0.2) is 4.98 Å². The molecule has 3 rings (SSSR count). The Kier molecular flexibility index (Phi) is 3.29. The molecule has 0 unspecified atom stereocenters. The topological polar surface area (TPSA) is 48.7 Å². The summed E-state index contributed by atoms with van der Waals surface area (Å²) in [6.45, 7) is 4.09. The molecule has 1 heterocycles. The minimum absolute atomic E-state index is 0.550. The van der Waals surface area contributed by atoms with Crippen molar-refractivity contribution >= 4 is 22.3 Å². The van der Waals surface area contributed by atoms with Crippen LogP contribution in [0.2, 0.25) is 0 Å². The molecular weight excluding hydrogens is 258 g/mol. The van der Waals surface area contributed by atoms with Crippen LogP contribution in [0.5, 0.6) is 0 Å². The van der Waals surface area contributed by atoms with E-state index in [4.69, 9.17) is 0 Å². The van der Waals surface area contributed by atoms with Crippen LogP contribution in [0.15, 0.2) is 48.7 Å². The van der Waals surface area contributed by atoms with E-state index in [9.17, 15) is 5.26 Å². The first kappa shape index (κ1) is 13.1. The highest BCUT2D eigenvalue weighted by Gasteiger charge is 2.09. The van der Waals surface area contributed by atoms with Crippen LogP contribution in [0, 0.1) is 25.2 Å². The molecule has 1 aromatic heterocycles. The number of anilines is 2. The van der Waals surface area contributed by atoms with Gasteiger partial charge in [-0.2, -0.15) is 5.26 Å². The van der Waals surface area contributed by atoms with Crippen molar-refractivity contribution in [1.82, 2.24) is 4.98 Å². The number of rotatable bonds is 2. The number of aryl methyl sites for hydroxylation is 2. The highest BCUT2D eigenvalue weighted by Crippen LogP contribution is 2.29. The Morgan fingerprint density at radius 2 is 1.71 bits per heavy atom. The van der Waals surface area contributed by atoms with E-state index >= 15 is 0 Å². The van der Waals surface area contributed by atoms with E-state index in [1.165, 1.54) is 5.56 Å². The molecule has 0 amide bonds. The van der Waals surface area contributed by atoms with Crippen molar-refractivity contribution < 1.29 is 0 Å². The third kappa shape index (κ3) is 2.56. The summed E-state index contributed by atoms with van der Waals surface area (Å²) >= 11 is 0. The molecule has 0 aliphatic carbocycles. The second-order valence-electron chi connectivity index (χ2n) is 5.17. The first-order chi connectivity index (χ1) is 10.2. The minimum atomic E-state index is 0.550. The molecule has 0 saturated heterocycles. The monoisotopic (exact) mass is 273 g/mol. The maximum Gasteiger partial charge on any atom is 0.103 e. The van der Waals surface area contributed by atoms with E-state index in [-0.39, 0.29) is 0 Å². The SMILES string of the molecule is Cc1ccc(Nc2c(C#N)cnc3ccc(C)cc23)cc1. The summed E-state index contributed by atoms with van der Waals surface area (Å²) in [7, 11) is 0. The second kappa shape index (κ2) is 5.26. The van der Waals surface area contributed by atoms with Crippen LogP contribution in [0.25, 0.3) is 10.9 Å². The Balaban J connectivity index is 2.17. The number of pyridine rings is 1. The Morgan fingerprint density at radius 1 is 1.00 bits per heavy atom. The lowest BCUT2D eigenvalue weighted by Crippen LogP contribution is -1.97. The van der Waals surface area contributed by atoms with Crippen molar-refractivity contribution in [2.24, 2.45) is 0 Å². The molecule has 102 valence electrons. The van der Waals surface area contributed by atoms with E-state index in [1.807, 2.05) is 43.3 Å². The Hall–Kier alpha value is -2.86. The van der Waals surface area contributed by atoms with Crippen molar-refractivity contribution in [2.45, 2.75) is 13.8 Å². The second-order valence-corrected chi connectivity index (χ2v) is 5.17. The highest BCUT2D eigenvalue weighted by atomic mass is 14.9. The zero-order valence-corrected chi connectivity index (χ0v) is 12.0. The number of aromatic nitrogens is 1. The number of nitrogens with zero attached hydrogens (tertiary/aromatic N) is 2. The summed E-state index contributed by atoms with van der Waals surface area (Å²) in [5, 5.41) is 13.7. The third-order valence-electron chi connectivity index (χ3n) is 3.46. The third-order valence-corrected chi connectivity index (χ3v) is 3.46. The van der Waals surface area contributed by atoms with E-state index in [0.717, 1.165) is 27.8 Å². The van der Waals surface area contributed by atoms with E-state index < -0.39 is 0 Å². The lowest BCUT2D eigenvalue weighted by atomic mass is 10.1. The van der Waals surface area contributed by atoms with Gasteiger partial charge in [-0.25, -0.2) is 0 Å². The highest BCUT2D eigenvalue weighted by molar-refractivity contribution is 5.96. The number of fused-ring (bicyclic) bond motifs is 1. The summed E-state index contributed by atoms with van der Waals surface area (Å²) in [6, 6.07) is 16.4. The molecule has 0 aliphatic heterocycles. The van der Waals surface area contributed by atoms with E-state index in [2.05, 4.69) is 29.4 Å². The van der Waals surface area contributed by atoms with Crippen LogP contribution in [0.1, 0.15) is 16.7 Å². The molecule has 0 spiro atoms. The van der Waals surface area contributed by atoms with Gasteiger partial charge in [-0.3, -0.25) is 4.98 Å². The van der Waals surface area contributed by atoms with Crippen LogP contribution >= 0.6 is 0 Å². The van der Waals surface area contributed by atoms with Crippen LogP contribution in [-0.2, 0) is 0 Å². The molecule has 3 nitrogen and oxygen atoms in total. The van der Waals surface area contributed by atoms with Crippen molar-refractivity contribution in [3.05, 3.63) is 65.4 Å². The predicted molar refractivity (Wildman–Crippen MR) is 85.7 cm³/mol. The molecule has 21 heavy (non-hydrogen) atoms. The number of nitrogens with one attached hydrogen (secondary N) is 1. The standard InChI is InChI=1S/C18H15N3/c1-12-3-6-15(7-4-12)21-18-14(10-19)11-20-17-8-5-13(2)9-16(17)18/h3-9,11H,1-2H3,(H,20,21). The van der Waals surface area contributed by atoms with Gasteiger partial charge in [-0.15, -0.1) is 0 Å². The van der Waals surface area contributed by atoms with Gasteiger partial charge in [0.05, 0.1) is 16.8 Å². The molecule has 0 fully saturated rings. The molecule has 0 atom stereocenters. The smallest absolute Gasteiger partial charge is 0.103 e. The lowest BCUT2D eigenvalue weighted by Gasteiger charge is -2.12. The van der Waals surface area contributed by atoms with Crippen LogP contribution in [0.4, 0.5) is 11.4 Å². The summed E-state index contributed by atoms with van der Waals surface area (Å²) in [6.07, 6.45) is 1.62. The van der Waals surface area contributed by atoms with Gasteiger partial charge in [0.15, 0.2) is 0 Å². The first-order valence-corrected chi connectivity index (χ1v) is 6.80. The fourth-order valence-electron chi connectivity index (χ4n) is 2.31. The van der Waals surface area contributed by atoms with Crippen LogP contribution < -0.4 is 5.32 Å². The van der Waals surface area contributed by atoms with Crippen molar-refractivity contribution in [3.63, 3.8) is 0 Å². The number of hydrogen-bond donors (Lipinski definition) is 1. The molecule has 3 heteroatoms. The summed E-state index contributed by atoms with van der Waals surface area (Å²) in [5.74, 6) is 0. The Bertz CT molecular complexity index is 843. The number of hydrogen-bond acceptors (Lipinski definition) is 3. The van der Waals surface area contributed by atoms with Gasteiger partial charge >= 0.3 is 0 Å². The van der Waals surface area contributed by atoms with Gasteiger partial charge in [0.25, 0.3) is 0 Å². The Morgan fingerprint density at radius 3 is 2.43 bits per heavy atom. The molecule has 0 aliphatic rings. The van der Waals surface area contributed by atoms with E-state index in [0.29, 0.717) is 5.56 Å². The maximum atomic E-state index is 9.34. The van der Waals surface area contributed by atoms with Gasteiger partial charge in [-0.05, 0) is 38.1 Å². The molecule has 2 aromatic carbocycles. The zero-order chi connectivity index (χ0) is 14.8. The zero-order valence-electron chi connectivity index (χ0n) is 12.0. The normalized spacial score (nSPS) is 10.3. The van der Waals surface area contributed by atoms with Gasteiger partial charge < -0.3 is 5.32 Å². The molecule has 0 saturated carbocycles. The first-order valence-electron chi connectivity index (χ1n) is 6.80. The molecule has 0 radical (unpaired) electrons. The fourth-order valence-corrected chi connectivity index (χ4v) is 2.31. The summed E-state index contributed by atoms with van der Waals surface area (Å²) in [4.78, 5) is 4.35. The molecule has 0 bridgehead atoms. The van der Waals surface area contributed by atoms with Crippen molar-refractivity contribution in [2.75, 3.05) is 5.32 Å². The average molecular weight is 273 g/mol. The van der Waals surface area contributed by atoms with Crippen LogP contribution in [0.3, 0.4) is 0 Å². The quantitative estimate of drug-likeness (QED) is 0.749. The van der Waals surface area contributed by atoms with Gasteiger partial charge in [0.2, 0.25) is 0 Å². The predicted octanol–water partition coefficient (Wildman–Crippen LogP) is 4.47. The number of benzene rings is 2. The summed E-state index contributed by atoms with van der Waals surface area (Å²) < 4.78 is 0. The van der Waals surface area contributed by atoms with E-state index in [1.54, 1.807) is 6.20 Å². The van der Waals surface area contributed by atoms with Crippen molar-refractivity contribution in [1.29, 1.82) is 5.26 Å². The van der Waals surface area contributed by atoms with Gasteiger partial charge in [-0.1, -0.05) is 29.3 Å². The minimum Gasteiger partial charge on any atom is -0.354 e.